The van der Waals surface area contributed by atoms with Crippen LogP contribution in [0.3, 0.4) is 0 Å². The number of benzene rings is 1. The van der Waals surface area contributed by atoms with Crippen molar-refractivity contribution in [2.75, 3.05) is 0 Å². The van der Waals surface area contributed by atoms with Crippen molar-refractivity contribution in [3.8, 4) is 0 Å². The Bertz CT molecular complexity index is 386. The molecule has 0 aromatic heterocycles. The highest BCUT2D eigenvalue weighted by atomic mass is 16.5. The summed E-state index contributed by atoms with van der Waals surface area (Å²) in [6.07, 6.45) is -1.13. The Hall–Kier alpha value is -1.19. The predicted octanol–water partition coefficient (Wildman–Crippen LogP) is 2.81. The lowest BCUT2D eigenvalue weighted by molar-refractivity contribution is -0.133. The number of Topliss-reactive ketones (excluding diaryl/α,β-unsaturated/α-hetero) is 1. The van der Waals surface area contributed by atoms with Gasteiger partial charge >= 0.3 is 0 Å². The fourth-order valence-corrected chi connectivity index (χ4v) is 2.00. The molecular formula is C16H24O3. The van der Waals surface area contributed by atoms with Crippen molar-refractivity contribution in [1.82, 2.24) is 0 Å². The van der Waals surface area contributed by atoms with Crippen LogP contribution in [-0.4, -0.2) is 23.1 Å². The fourth-order valence-electron chi connectivity index (χ4n) is 2.00. The van der Waals surface area contributed by atoms with E-state index in [0.29, 0.717) is 6.61 Å². The van der Waals surface area contributed by atoms with Gasteiger partial charge in [0.1, 0.15) is 5.78 Å². The molecule has 0 unspecified atom stereocenters. The van der Waals surface area contributed by atoms with Crippen molar-refractivity contribution >= 4 is 5.78 Å². The van der Waals surface area contributed by atoms with E-state index in [4.69, 9.17) is 4.74 Å². The van der Waals surface area contributed by atoms with Crippen molar-refractivity contribution < 1.29 is 14.6 Å². The standard InChI is InChI=1S/C16H24O3/c1-11(2)15(17)12(3)16(18)13(4)19-10-14-8-6-5-7-9-14/h5-9,11-13,16,18H,10H2,1-4H3/t12-,13+,16+/m1/s1. The van der Waals surface area contributed by atoms with Crippen LogP contribution in [0.5, 0.6) is 0 Å². The topological polar surface area (TPSA) is 46.5 Å². The lowest BCUT2D eigenvalue weighted by Crippen LogP contribution is -2.37. The van der Waals surface area contributed by atoms with Crippen LogP contribution in [-0.2, 0) is 16.1 Å². The molecule has 0 aliphatic heterocycles. The van der Waals surface area contributed by atoms with E-state index in [1.165, 1.54) is 0 Å². The Kier molecular flexibility index (Phi) is 6.19. The van der Waals surface area contributed by atoms with E-state index in [2.05, 4.69) is 0 Å². The number of carbonyl (C=O) groups excluding carboxylic acids is 1. The summed E-state index contributed by atoms with van der Waals surface area (Å²) in [6, 6.07) is 9.80. The summed E-state index contributed by atoms with van der Waals surface area (Å²) in [5.41, 5.74) is 1.06. The van der Waals surface area contributed by atoms with Gasteiger partial charge in [-0.05, 0) is 12.5 Å². The first-order valence-corrected chi connectivity index (χ1v) is 6.80. The zero-order valence-electron chi connectivity index (χ0n) is 12.2. The maximum absolute atomic E-state index is 11.8. The molecule has 1 aromatic rings. The Balaban J connectivity index is 2.48. The molecule has 0 saturated carbocycles. The zero-order chi connectivity index (χ0) is 14.4. The summed E-state index contributed by atoms with van der Waals surface area (Å²) in [5, 5.41) is 10.1. The molecule has 1 N–H and O–H groups in total. The largest absolute Gasteiger partial charge is 0.390 e. The smallest absolute Gasteiger partial charge is 0.140 e. The molecule has 0 amide bonds. The van der Waals surface area contributed by atoms with Gasteiger partial charge in [-0.1, -0.05) is 51.1 Å². The highest BCUT2D eigenvalue weighted by Gasteiger charge is 2.28. The molecule has 1 rings (SSSR count). The van der Waals surface area contributed by atoms with Crippen LogP contribution in [0, 0.1) is 11.8 Å². The van der Waals surface area contributed by atoms with Crippen molar-refractivity contribution in [1.29, 1.82) is 0 Å². The minimum absolute atomic E-state index is 0.0639. The van der Waals surface area contributed by atoms with E-state index >= 15 is 0 Å². The van der Waals surface area contributed by atoms with Crippen LogP contribution in [0.15, 0.2) is 30.3 Å². The average Bonchev–Trinajstić information content (AvgIpc) is 2.43. The van der Waals surface area contributed by atoms with Crippen molar-refractivity contribution in [3.63, 3.8) is 0 Å². The second-order valence-corrected chi connectivity index (χ2v) is 5.34. The molecule has 3 nitrogen and oxygen atoms in total. The molecule has 3 heteroatoms. The molecule has 0 fully saturated rings. The third-order valence-electron chi connectivity index (χ3n) is 3.37. The Morgan fingerprint density at radius 3 is 2.26 bits per heavy atom. The number of carbonyl (C=O) groups is 1. The SMILES string of the molecule is CC(C)C(=O)[C@@H](C)[C@H](O)[C@H](C)OCc1ccccc1. The second-order valence-electron chi connectivity index (χ2n) is 5.34. The molecule has 0 heterocycles. The van der Waals surface area contributed by atoms with Crippen molar-refractivity contribution in [2.24, 2.45) is 11.8 Å². The number of ketones is 1. The number of aliphatic hydroxyl groups excluding tert-OH is 1. The normalized spacial score (nSPS) is 16.1. The lowest BCUT2D eigenvalue weighted by Gasteiger charge is -2.25. The molecular weight excluding hydrogens is 240 g/mol. The quantitative estimate of drug-likeness (QED) is 0.823. The number of aliphatic hydroxyl groups is 1. The van der Waals surface area contributed by atoms with E-state index in [1.807, 2.05) is 44.2 Å². The molecule has 1 aromatic carbocycles. The monoisotopic (exact) mass is 264 g/mol. The first-order valence-electron chi connectivity index (χ1n) is 6.80. The van der Waals surface area contributed by atoms with Crippen molar-refractivity contribution in [2.45, 2.75) is 46.5 Å². The molecule has 0 aliphatic carbocycles. The van der Waals surface area contributed by atoms with Crippen LogP contribution in [0.25, 0.3) is 0 Å². The maximum atomic E-state index is 11.8. The number of rotatable bonds is 7. The maximum Gasteiger partial charge on any atom is 0.140 e. The van der Waals surface area contributed by atoms with Gasteiger partial charge < -0.3 is 9.84 Å². The molecule has 19 heavy (non-hydrogen) atoms. The molecule has 0 aliphatic rings. The third kappa shape index (κ3) is 4.77. The summed E-state index contributed by atoms with van der Waals surface area (Å²) in [7, 11) is 0. The Morgan fingerprint density at radius 2 is 1.74 bits per heavy atom. The van der Waals surface area contributed by atoms with E-state index in [0.717, 1.165) is 5.56 Å². The van der Waals surface area contributed by atoms with Crippen LogP contribution in [0.1, 0.15) is 33.3 Å². The fraction of sp³-hybridized carbons (Fsp3) is 0.562. The van der Waals surface area contributed by atoms with Gasteiger partial charge in [-0.15, -0.1) is 0 Å². The van der Waals surface area contributed by atoms with Crippen LogP contribution < -0.4 is 0 Å². The number of hydrogen-bond acceptors (Lipinski definition) is 3. The van der Waals surface area contributed by atoms with Crippen molar-refractivity contribution in [3.05, 3.63) is 35.9 Å². The summed E-state index contributed by atoms with van der Waals surface area (Å²) in [4.78, 5) is 11.8. The van der Waals surface area contributed by atoms with Gasteiger partial charge in [0.05, 0.1) is 18.8 Å². The van der Waals surface area contributed by atoms with E-state index in [9.17, 15) is 9.90 Å². The first kappa shape index (κ1) is 15.9. The van der Waals surface area contributed by atoms with Gasteiger partial charge in [0.2, 0.25) is 0 Å². The van der Waals surface area contributed by atoms with E-state index in [-0.39, 0.29) is 17.8 Å². The van der Waals surface area contributed by atoms with Crippen LogP contribution >= 0.6 is 0 Å². The van der Waals surface area contributed by atoms with E-state index in [1.54, 1.807) is 13.8 Å². The second kappa shape index (κ2) is 7.41. The summed E-state index contributed by atoms with van der Waals surface area (Å²) in [6.45, 7) is 7.71. The summed E-state index contributed by atoms with van der Waals surface area (Å²) >= 11 is 0. The van der Waals surface area contributed by atoms with Crippen LogP contribution in [0.2, 0.25) is 0 Å². The number of hydrogen-bond donors (Lipinski definition) is 1. The average molecular weight is 264 g/mol. The highest BCUT2D eigenvalue weighted by Crippen LogP contribution is 2.16. The lowest BCUT2D eigenvalue weighted by atomic mass is 9.90. The Labute approximate surface area is 115 Å². The molecule has 106 valence electrons. The Morgan fingerprint density at radius 1 is 1.16 bits per heavy atom. The highest BCUT2D eigenvalue weighted by molar-refractivity contribution is 5.83. The van der Waals surface area contributed by atoms with Crippen LogP contribution in [0.4, 0.5) is 0 Å². The van der Waals surface area contributed by atoms with Gasteiger partial charge in [-0.3, -0.25) is 4.79 Å². The zero-order valence-corrected chi connectivity index (χ0v) is 12.2. The van der Waals surface area contributed by atoms with Gasteiger partial charge in [-0.2, -0.15) is 0 Å². The van der Waals surface area contributed by atoms with Gasteiger partial charge in [-0.25, -0.2) is 0 Å². The minimum atomic E-state index is -0.765. The summed E-state index contributed by atoms with van der Waals surface area (Å²) < 4.78 is 5.64. The van der Waals surface area contributed by atoms with Gasteiger partial charge in [0.15, 0.2) is 0 Å². The first-order chi connectivity index (χ1) is 8.93. The van der Waals surface area contributed by atoms with Gasteiger partial charge in [0, 0.05) is 11.8 Å². The molecule has 0 radical (unpaired) electrons. The summed E-state index contributed by atoms with van der Waals surface area (Å²) in [5.74, 6) is -0.389. The third-order valence-corrected chi connectivity index (χ3v) is 3.37. The molecule has 0 bridgehead atoms. The molecule has 0 spiro atoms. The van der Waals surface area contributed by atoms with Gasteiger partial charge in [0.25, 0.3) is 0 Å². The molecule has 0 saturated heterocycles. The number of ether oxygens (including phenoxy) is 1. The minimum Gasteiger partial charge on any atom is -0.390 e. The predicted molar refractivity (Wildman–Crippen MR) is 75.7 cm³/mol. The van der Waals surface area contributed by atoms with E-state index < -0.39 is 12.0 Å². The molecule has 3 atom stereocenters.